The summed E-state index contributed by atoms with van der Waals surface area (Å²) in [4.78, 5) is 12.9. The second-order valence-corrected chi connectivity index (χ2v) is 9.36. The molecule has 1 heterocycles. The number of hydrogen-bond donors (Lipinski definition) is 1. The number of rotatable bonds is 4. The molecule has 0 aromatic heterocycles. The Bertz CT molecular complexity index is 1230. The lowest BCUT2D eigenvalue weighted by Gasteiger charge is -2.34. The molecule has 1 N–H and O–H groups in total. The molecule has 4 rings (SSSR count). The van der Waals surface area contributed by atoms with Gasteiger partial charge < -0.3 is 10.1 Å². The number of anilines is 2. The molecule has 31 heavy (non-hydrogen) atoms. The maximum absolute atomic E-state index is 13.4. The maximum Gasteiger partial charge on any atom is 0.267 e. The van der Waals surface area contributed by atoms with Crippen LogP contribution < -0.4 is 14.4 Å². The first-order valence-corrected chi connectivity index (χ1v) is 11.2. The van der Waals surface area contributed by atoms with Gasteiger partial charge in [-0.25, -0.2) is 12.8 Å². The van der Waals surface area contributed by atoms with Crippen LogP contribution in [0.3, 0.4) is 0 Å². The van der Waals surface area contributed by atoms with Gasteiger partial charge in [0, 0.05) is 10.7 Å². The smallest absolute Gasteiger partial charge is 0.267 e. The molecule has 9 heteroatoms. The van der Waals surface area contributed by atoms with E-state index in [2.05, 4.69) is 5.32 Å². The van der Waals surface area contributed by atoms with Crippen molar-refractivity contribution in [3.63, 3.8) is 0 Å². The summed E-state index contributed by atoms with van der Waals surface area (Å²) in [6.45, 7) is 1.60. The van der Waals surface area contributed by atoms with Crippen LogP contribution in [-0.2, 0) is 14.8 Å². The molecule has 3 aromatic carbocycles. The van der Waals surface area contributed by atoms with Crippen LogP contribution in [-0.4, -0.2) is 27.0 Å². The predicted octanol–water partition coefficient (Wildman–Crippen LogP) is 4.38. The van der Waals surface area contributed by atoms with Crippen molar-refractivity contribution in [3.8, 4) is 5.75 Å². The van der Waals surface area contributed by atoms with E-state index in [9.17, 15) is 17.6 Å². The molecule has 1 amide bonds. The zero-order valence-corrected chi connectivity index (χ0v) is 18.0. The van der Waals surface area contributed by atoms with Gasteiger partial charge in [0.15, 0.2) is 6.10 Å². The molecule has 0 aliphatic carbocycles. The number of sulfonamides is 1. The van der Waals surface area contributed by atoms with Crippen LogP contribution in [0.25, 0.3) is 0 Å². The van der Waals surface area contributed by atoms with Gasteiger partial charge in [-0.3, -0.25) is 9.10 Å². The van der Waals surface area contributed by atoms with Gasteiger partial charge in [-0.05, 0) is 61.5 Å². The van der Waals surface area contributed by atoms with Crippen LogP contribution in [0.1, 0.15) is 5.56 Å². The standard InChI is InChI=1S/C22H18ClFN2O4S/c1-14-2-9-18(10-3-14)31(28,29)26-13-21(30-20-11-4-15(23)12-19(20)26)22(27)25-17-7-5-16(24)6-8-17/h2-12,21H,13H2,1H3,(H,25,27)/t21-/m0/s1. The van der Waals surface area contributed by atoms with E-state index in [1.807, 2.05) is 6.92 Å². The van der Waals surface area contributed by atoms with Crippen LogP contribution in [0.4, 0.5) is 15.8 Å². The van der Waals surface area contributed by atoms with Gasteiger partial charge in [0.2, 0.25) is 0 Å². The highest BCUT2D eigenvalue weighted by atomic mass is 35.5. The molecule has 0 saturated heterocycles. The minimum Gasteiger partial charge on any atom is -0.476 e. The number of carbonyl (C=O) groups is 1. The van der Waals surface area contributed by atoms with Gasteiger partial charge in [-0.15, -0.1) is 0 Å². The van der Waals surface area contributed by atoms with Crippen LogP contribution in [0.15, 0.2) is 71.6 Å². The number of hydrogen-bond acceptors (Lipinski definition) is 4. The van der Waals surface area contributed by atoms with Crippen molar-refractivity contribution in [3.05, 3.63) is 83.1 Å². The number of carbonyl (C=O) groups excluding carboxylic acids is 1. The van der Waals surface area contributed by atoms with Crippen molar-refractivity contribution in [2.75, 3.05) is 16.2 Å². The van der Waals surface area contributed by atoms with E-state index in [1.54, 1.807) is 18.2 Å². The number of halogens is 2. The third kappa shape index (κ3) is 4.35. The minimum absolute atomic E-state index is 0.0867. The largest absolute Gasteiger partial charge is 0.476 e. The average Bonchev–Trinajstić information content (AvgIpc) is 2.74. The van der Waals surface area contributed by atoms with Gasteiger partial charge in [-0.1, -0.05) is 29.3 Å². The van der Waals surface area contributed by atoms with Crippen molar-refractivity contribution in [2.24, 2.45) is 0 Å². The highest BCUT2D eigenvalue weighted by molar-refractivity contribution is 7.92. The number of nitrogens with zero attached hydrogens (tertiary/aromatic N) is 1. The minimum atomic E-state index is -3.99. The number of benzene rings is 3. The van der Waals surface area contributed by atoms with Crippen LogP contribution in [0, 0.1) is 12.7 Å². The molecule has 0 spiro atoms. The van der Waals surface area contributed by atoms with E-state index in [1.165, 1.54) is 48.5 Å². The summed E-state index contributed by atoms with van der Waals surface area (Å²) in [5.41, 5.74) is 1.53. The number of fused-ring (bicyclic) bond motifs is 1. The fourth-order valence-electron chi connectivity index (χ4n) is 3.18. The van der Waals surface area contributed by atoms with Gasteiger partial charge >= 0.3 is 0 Å². The molecular formula is C22H18ClFN2O4S. The zero-order chi connectivity index (χ0) is 22.2. The van der Waals surface area contributed by atoms with Crippen molar-refractivity contribution in [1.82, 2.24) is 0 Å². The summed E-state index contributed by atoms with van der Waals surface area (Å²) >= 11 is 6.09. The quantitative estimate of drug-likeness (QED) is 0.626. The zero-order valence-electron chi connectivity index (χ0n) is 16.4. The molecule has 1 atom stereocenters. The fraction of sp³-hybridized carbons (Fsp3) is 0.136. The Labute approximate surface area is 184 Å². The SMILES string of the molecule is Cc1ccc(S(=O)(=O)N2C[C@@H](C(=O)Nc3ccc(F)cc3)Oc3ccc(Cl)cc32)cc1. The van der Waals surface area contributed by atoms with Gasteiger partial charge in [0.1, 0.15) is 11.6 Å². The molecule has 0 radical (unpaired) electrons. The van der Waals surface area contributed by atoms with E-state index < -0.39 is 27.9 Å². The molecule has 0 unspecified atom stereocenters. The molecular weight excluding hydrogens is 443 g/mol. The Balaban J connectivity index is 1.69. The number of aryl methyl sites for hydroxylation is 1. The molecule has 0 bridgehead atoms. The lowest BCUT2D eigenvalue weighted by atomic mass is 10.2. The Hall–Kier alpha value is -3.10. The molecule has 0 saturated carbocycles. The summed E-state index contributed by atoms with van der Waals surface area (Å²) in [7, 11) is -3.99. The highest BCUT2D eigenvalue weighted by Crippen LogP contribution is 2.39. The Morgan fingerprint density at radius 1 is 1.10 bits per heavy atom. The van der Waals surface area contributed by atoms with Crippen molar-refractivity contribution in [2.45, 2.75) is 17.9 Å². The topological polar surface area (TPSA) is 75.7 Å². The second-order valence-electron chi connectivity index (χ2n) is 7.06. The van der Waals surface area contributed by atoms with Crippen molar-refractivity contribution >= 4 is 38.9 Å². The highest BCUT2D eigenvalue weighted by Gasteiger charge is 2.37. The molecule has 0 fully saturated rings. The summed E-state index contributed by atoms with van der Waals surface area (Å²) in [6, 6.07) is 16.2. The maximum atomic E-state index is 13.4. The first kappa shape index (κ1) is 21.1. The van der Waals surface area contributed by atoms with Crippen LogP contribution >= 0.6 is 11.6 Å². The Morgan fingerprint density at radius 3 is 2.45 bits per heavy atom. The predicted molar refractivity (Wildman–Crippen MR) is 117 cm³/mol. The average molecular weight is 461 g/mol. The number of nitrogens with one attached hydrogen (secondary N) is 1. The Morgan fingerprint density at radius 2 is 1.77 bits per heavy atom. The molecule has 1 aliphatic heterocycles. The summed E-state index contributed by atoms with van der Waals surface area (Å²) in [6.07, 6.45) is -1.13. The Kier molecular flexibility index (Phi) is 5.60. The lowest BCUT2D eigenvalue weighted by molar-refractivity contribution is -0.122. The lowest BCUT2D eigenvalue weighted by Crippen LogP contribution is -2.48. The molecule has 6 nitrogen and oxygen atoms in total. The third-order valence-corrected chi connectivity index (χ3v) is 6.83. The van der Waals surface area contributed by atoms with E-state index >= 15 is 0 Å². The summed E-state index contributed by atoms with van der Waals surface area (Å²) in [5, 5.41) is 2.96. The second kappa shape index (κ2) is 8.20. The van der Waals surface area contributed by atoms with E-state index in [-0.39, 0.29) is 22.9 Å². The normalized spacial score (nSPS) is 15.7. The van der Waals surface area contributed by atoms with E-state index in [4.69, 9.17) is 16.3 Å². The molecule has 1 aliphatic rings. The summed E-state index contributed by atoms with van der Waals surface area (Å²) < 4.78 is 46.8. The molecule has 160 valence electrons. The fourth-order valence-corrected chi connectivity index (χ4v) is 4.82. The first-order chi connectivity index (χ1) is 14.7. The van der Waals surface area contributed by atoms with Gasteiger partial charge in [0.25, 0.3) is 15.9 Å². The van der Waals surface area contributed by atoms with Crippen LogP contribution in [0.2, 0.25) is 5.02 Å². The number of ether oxygens (including phenoxy) is 1. The van der Waals surface area contributed by atoms with Crippen LogP contribution in [0.5, 0.6) is 5.75 Å². The first-order valence-electron chi connectivity index (χ1n) is 9.36. The van der Waals surface area contributed by atoms with Crippen molar-refractivity contribution in [1.29, 1.82) is 0 Å². The van der Waals surface area contributed by atoms with E-state index in [0.717, 1.165) is 9.87 Å². The third-order valence-electron chi connectivity index (χ3n) is 4.80. The van der Waals surface area contributed by atoms with Crippen molar-refractivity contribution < 1.29 is 22.3 Å². The van der Waals surface area contributed by atoms with E-state index in [0.29, 0.717) is 10.7 Å². The number of amides is 1. The van der Waals surface area contributed by atoms with Gasteiger partial charge in [0.05, 0.1) is 17.1 Å². The molecule has 3 aromatic rings. The van der Waals surface area contributed by atoms with Gasteiger partial charge in [-0.2, -0.15) is 0 Å². The monoisotopic (exact) mass is 460 g/mol. The summed E-state index contributed by atoms with van der Waals surface area (Å²) in [5.74, 6) is -0.782.